The van der Waals surface area contributed by atoms with E-state index in [1.807, 2.05) is 0 Å². The van der Waals surface area contributed by atoms with E-state index < -0.39 is 52.0 Å². The molecule has 1 aromatic heterocycles. The number of rotatable bonds is 2. The highest BCUT2D eigenvalue weighted by atomic mass is 32.1. The lowest BCUT2D eigenvalue weighted by atomic mass is 9.93. The number of H-pyrrole nitrogens is 1. The number of aromatic nitrogens is 2. The molecule has 6 nitrogen and oxygen atoms in total. The van der Waals surface area contributed by atoms with Gasteiger partial charge in [-0.1, -0.05) is 12.2 Å². The summed E-state index contributed by atoms with van der Waals surface area (Å²) >= 11 is 9.30. The van der Waals surface area contributed by atoms with Crippen LogP contribution in [0.5, 0.6) is 0 Å². The Labute approximate surface area is 130 Å². The van der Waals surface area contributed by atoms with E-state index in [0.717, 1.165) is 0 Å². The fourth-order valence-corrected chi connectivity index (χ4v) is 2.60. The second kappa shape index (κ2) is 5.62. The molecule has 4 atom stereocenters. The highest BCUT2D eigenvalue weighted by molar-refractivity contribution is 7.72. The lowest BCUT2D eigenvalue weighted by Gasteiger charge is -2.33. The van der Waals surface area contributed by atoms with Gasteiger partial charge in [0.05, 0.1) is 6.61 Å². The third kappa shape index (κ3) is 2.49. The summed E-state index contributed by atoms with van der Waals surface area (Å²) in [5, 5.41) is 28.6. The summed E-state index contributed by atoms with van der Waals surface area (Å²) < 4.78 is 57.5. The minimum atomic E-state index is -5.33. The summed E-state index contributed by atoms with van der Waals surface area (Å²) in [7, 11) is 0. The quantitative estimate of drug-likeness (QED) is 0.463. The fraction of sp³-hybridized carbons (Fsp3) is 0.600. The van der Waals surface area contributed by atoms with Gasteiger partial charge in [-0.2, -0.15) is 13.2 Å². The van der Waals surface area contributed by atoms with Crippen molar-refractivity contribution in [2.24, 2.45) is 0 Å². The van der Waals surface area contributed by atoms with Gasteiger partial charge in [0.1, 0.15) is 16.8 Å². The Morgan fingerprint density at radius 1 is 1.41 bits per heavy atom. The molecular formula is C10H10F4N2O4S2. The van der Waals surface area contributed by atoms with Crippen molar-refractivity contribution >= 4 is 24.4 Å². The normalized spacial score (nSPS) is 32.4. The average Bonchev–Trinajstić information content (AvgIpc) is 2.67. The van der Waals surface area contributed by atoms with Crippen LogP contribution in [0.3, 0.4) is 0 Å². The number of ether oxygens (including phenoxy) is 1. The number of nitrogens with zero attached hydrogens (tertiary/aromatic N) is 1. The Hall–Kier alpha value is -0.920. The molecule has 12 heteroatoms. The summed E-state index contributed by atoms with van der Waals surface area (Å²) in [4.78, 5) is 2.14. The number of hydrogen-bond donors (Lipinski definition) is 4. The molecule has 1 saturated heterocycles. The van der Waals surface area contributed by atoms with E-state index in [0.29, 0.717) is 10.8 Å². The molecule has 0 radical (unpaired) electrons. The first-order valence-corrected chi connectivity index (χ1v) is 6.60. The Bertz CT molecular complexity index is 691. The zero-order valence-corrected chi connectivity index (χ0v) is 12.2. The molecule has 0 bridgehead atoms. The van der Waals surface area contributed by atoms with Gasteiger partial charge in [0, 0.05) is 6.20 Å². The van der Waals surface area contributed by atoms with Gasteiger partial charge in [0.2, 0.25) is 5.60 Å². The lowest BCUT2D eigenvalue weighted by Crippen LogP contribution is -2.57. The molecule has 4 N–H and O–H groups in total. The van der Waals surface area contributed by atoms with Gasteiger partial charge < -0.3 is 25.0 Å². The predicted molar refractivity (Wildman–Crippen MR) is 68.4 cm³/mol. The van der Waals surface area contributed by atoms with Crippen LogP contribution in [-0.4, -0.2) is 55.5 Å². The molecule has 0 saturated carbocycles. The highest BCUT2D eigenvalue weighted by Gasteiger charge is 2.70. The molecule has 124 valence electrons. The van der Waals surface area contributed by atoms with E-state index in [1.54, 1.807) is 0 Å². The van der Waals surface area contributed by atoms with Crippen LogP contribution in [0.4, 0.5) is 17.6 Å². The topological polar surface area (TPSA) is 90.6 Å². The summed E-state index contributed by atoms with van der Waals surface area (Å²) in [6.45, 7) is -0.991. The van der Waals surface area contributed by atoms with Crippen molar-refractivity contribution in [3.05, 3.63) is 21.4 Å². The van der Waals surface area contributed by atoms with Gasteiger partial charge >= 0.3 is 6.18 Å². The Morgan fingerprint density at radius 2 is 2.00 bits per heavy atom. The van der Waals surface area contributed by atoms with E-state index in [2.05, 4.69) is 17.2 Å². The number of nitrogens with one attached hydrogen (secondary N) is 1. The van der Waals surface area contributed by atoms with Crippen molar-refractivity contribution in [3.63, 3.8) is 0 Å². The van der Waals surface area contributed by atoms with Gasteiger partial charge in [-0.05, 0) is 12.2 Å². The van der Waals surface area contributed by atoms with Crippen LogP contribution in [0.2, 0.25) is 0 Å². The molecule has 1 aromatic rings. The van der Waals surface area contributed by atoms with Crippen LogP contribution < -0.4 is 0 Å². The summed E-state index contributed by atoms with van der Waals surface area (Å²) in [5.74, 6) is -1.10. The van der Waals surface area contributed by atoms with Gasteiger partial charge in [0.15, 0.2) is 16.8 Å². The summed E-state index contributed by atoms with van der Waals surface area (Å²) in [5.41, 5.74) is -3.79. The zero-order chi connectivity index (χ0) is 16.9. The molecule has 1 fully saturated rings. The number of aliphatic hydroxyl groups is 3. The van der Waals surface area contributed by atoms with Crippen molar-refractivity contribution in [2.45, 2.75) is 30.2 Å². The Balaban J connectivity index is 2.65. The van der Waals surface area contributed by atoms with Crippen LogP contribution in [0.15, 0.2) is 6.20 Å². The van der Waals surface area contributed by atoms with E-state index in [4.69, 9.17) is 22.1 Å². The molecule has 0 aromatic carbocycles. The van der Waals surface area contributed by atoms with Gasteiger partial charge in [-0.3, -0.25) is 4.57 Å². The maximum absolute atomic E-state index is 13.5. The molecule has 0 aliphatic carbocycles. The molecular weight excluding hydrogens is 352 g/mol. The van der Waals surface area contributed by atoms with Crippen LogP contribution in [0, 0.1) is 15.2 Å². The van der Waals surface area contributed by atoms with Crippen LogP contribution in [0.1, 0.15) is 6.23 Å². The Kier molecular flexibility index (Phi) is 4.45. The van der Waals surface area contributed by atoms with E-state index in [1.165, 1.54) is 0 Å². The molecule has 22 heavy (non-hydrogen) atoms. The molecule has 2 unspecified atom stereocenters. The first-order valence-electron chi connectivity index (χ1n) is 5.78. The maximum atomic E-state index is 13.5. The van der Waals surface area contributed by atoms with Crippen molar-refractivity contribution in [1.82, 2.24) is 9.55 Å². The zero-order valence-electron chi connectivity index (χ0n) is 10.5. The standard InChI is InChI=1S/C10H10F4N2O4S2/c11-3-1-16(8(22)15-6(3)21)7-9(19,10(12,13)14)5(18)4(2-17)20-7/h1,4-5,7,17-19H,2H2,(H,15,21,22)/t4-,5?,7-,9?/m1/s1. The van der Waals surface area contributed by atoms with Gasteiger partial charge in [-0.25, -0.2) is 4.39 Å². The number of halogens is 4. The maximum Gasteiger partial charge on any atom is 0.424 e. The molecule has 2 rings (SSSR count). The van der Waals surface area contributed by atoms with Gasteiger partial charge in [-0.15, -0.1) is 0 Å². The summed E-state index contributed by atoms with van der Waals surface area (Å²) in [6.07, 6.45) is -11.3. The van der Waals surface area contributed by atoms with Crippen LogP contribution >= 0.6 is 24.4 Å². The molecule has 0 amide bonds. The highest BCUT2D eigenvalue weighted by Crippen LogP contribution is 2.48. The minimum absolute atomic E-state index is 0.436. The van der Waals surface area contributed by atoms with Gasteiger partial charge in [0.25, 0.3) is 0 Å². The molecule has 1 aliphatic heterocycles. The first kappa shape index (κ1) is 17.4. The monoisotopic (exact) mass is 362 g/mol. The Morgan fingerprint density at radius 3 is 2.50 bits per heavy atom. The van der Waals surface area contributed by atoms with E-state index in [-0.39, 0.29) is 0 Å². The third-order valence-corrected chi connectivity index (χ3v) is 3.90. The molecule has 1 aliphatic rings. The number of aromatic amines is 1. The van der Waals surface area contributed by atoms with Crippen LogP contribution in [0.25, 0.3) is 0 Å². The van der Waals surface area contributed by atoms with E-state index >= 15 is 0 Å². The second-order valence-electron chi connectivity index (χ2n) is 4.62. The first-order chi connectivity index (χ1) is 10.0. The number of aliphatic hydroxyl groups excluding tert-OH is 2. The van der Waals surface area contributed by atoms with Crippen molar-refractivity contribution in [3.8, 4) is 0 Å². The fourth-order valence-electron chi connectivity index (χ4n) is 2.14. The lowest BCUT2D eigenvalue weighted by molar-refractivity contribution is -0.304. The average molecular weight is 362 g/mol. The minimum Gasteiger partial charge on any atom is -0.394 e. The third-order valence-electron chi connectivity index (χ3n) is 3.29. The summed E-state index contributed by atoms with van der Waals surface area (Å²) in [6, 6.07) is 0. The second-order valence-corrected chi connectivity index (χ2v) is 5.42. The predicted octanol–water partition coefficient (Wildman–Crippen LogP) is 0.958. The number of alkyl halides is 3. The SMILES string of the molecule is OC[C@H]1O[C@@H](n2cc(F)c(=S)[nH]c2=S)C(O)(C(F)(F)F)C1O. The van der Waals surface area contributed by atoms with E-state index in [9.17, 15) is 27.8 Å². The van der Waals surface area contributed by atoms with Crippen molar-refractivity contribution in [1.29, 1.82) is 0 Å². The van der Waals surface area contributed by atoms with Crippen LogP contribution in [-0.2, 0) is 4.74 Å². The smallest absolute Gasteiger partial charge is 0.394 e. The largest absolute Gasteiger partial charge is 0.424 e. The van der Waals surface area contributed by atoms with Crippen molar-refractivity contribution in [2.75, 3.05) is 6.61 Å². The van der Waals surface area contributed by atoms with Crippen molar-refractivity contribution < 1.29 is 37.6 Å². The molecule has 0 spiro atoms. The molecule has 2 heterocycles. The number of hydrogen-bond acceptors (Lipinski definition) is 6.